The Balaban J connectivity index is 1.79. The summed E-state index contributed by atoms with van der Waals surface area (Å²) in [6.07, 6.45) is 1.83. The highest BCUT2D eigenvalue weighted by molar-refractivity contribution is 7.22. The summed E-state index contributed by atoms with van der Waals surface area (Å²) in [7, 11) is 0. The quantitative estimate of drug-likeness (QED) is 0.663. The molecule has 0 spiro atoms. The summed E-state index contributed by atoms with van der Waals surface area (Å²) < 4.78 is 6.57. The molecule has 2 aromatic carbocycles. The van der Waals surface area contributed by atoms with E-state index in [4.69, 9.17) is 4.74 Å². The number of hydrogen-bond acceptors (Lipinski definition) is 4. The number of fused-ring (bicyclic) bond motifs is 1. The first-order valence-corrected chi connectivity index (χ1v) is 7.29. The lowest BCUT2D eigenvalue weighted by atomic mass is 10.2. The van der Waals surface area contributed by atoms with Crippen LogP contribution < -0.4 is 4.74 Å². The van der Waals surface area contributed by atoms with Crippen molar-refractivity contribution in [2.24, 2.45) is 4.99 Å². The van der Waals surface area contributed by atoms with Crippen LogP contribution in [0, 0.1) is 0 Å². The van der Waals surface area contributed by atoms with Crippen LogP contribution in [0.15, 0.2) is 53.5 Å². The summed E-state index contributed by atoms with van der Waals surface area (Å²) in [6, 6.07) is 15.9. The molecule has 0 aliphatic heterocycles. The van der Waals surface area contributed by atoms with Crippen molar-refractivity contribution in [3.8, 4) is 5.75 Å². The Morgan fingerprint density at radius 2 is 1.95 bits per heavy atom. The van der Waals surface area contributed by atoms with Crippen molar-refractivity contribution in [2.45, 2.75) is 6.92 Å². The molecule has 0 atom stereocenters. The van der Waals surface area contributed by atoms with E-state index >= 15 is 0 Å². The zero-order valence-corrected chi connectivity index (χ0v) is 11.9. The lowest BCUT2D eigenvalue weighted by molar-refractivity contribution is 0.340. The molecule has 0 radical (unpaired) electrons. The average molecular weight is 282 g/mol. The molecule has 4 heteroatoms. The van der Waals surface area contributed by atoms with E-state index in [0.717, 1.165) is 26.7 Å². The first-order valence-electron chi connectivity index (χ1n) is 6.47. The number of ether oxygens (including phenoxy) is 1. The van der Waals surface area contributed by atoms with Gasteiger partial charge in [-0.15, -0.1) is 0 Å². The second-order valence-electron chi connectivity index (χ2n) is 4.22. The molecule has 3 nitrogen and oxygen atoms in total. The van der Waals surface area contributed by atoms with Crippen LogP contribution in [0.3, 0.4) is 0 Å². The predicted molar refractivity (Wildman–Crippen MR) is 84.5 cm³/mol. The molecule has 0 saturated carbocycles. The molecule has 0 aliphatic rings. The lowest BCUT2D eigenvalue weighted by Crippen LogP contribution is -1.91. The smallest absolute Gasteiger partial charge is 0.210 e. The maximum absolute atomic E-state index is 5.41. The van der Waals surface area contributed by atoms with Crippen molar-refractivity contribution in [2.75, 3.05) is 6.61 Å². The van der Waals surface area contributed by atoms with Gasteiger partial charge in [-0.3, -0.25) is 0 Å². The average Bonchev–Trinajstić information content (AvgIpc) is 2.90. The van der Waals surface area contributed by atoms with Crippen LogP contribution in [0.2, 0.25) is 0 Å². The third-order valence-corrected chi connectivity index (χ3v) is 3.74. The van der Waals surface area contributed by atoms with Gasteiger partial charge in [0, 0.05) is 6.21 Å². The van der Waals surface area contributed by atoms with Crippen molar-refractivity contribution < 1.29 is 4.74 Å². The van der Waals surface area contributed by atoms with E-state index in [2.05, 4.69) is 16.0 Å². The van der Waals surface area contributed by atoms with Gasteiger partial charge in [-0.2, -0.15) is 0 Å². The van der Waals surface area contributed by atoms with Gasteiger partial charge in [0.1, 0.15) is 5.75 Å². The van der Waals surface area contributed by atoms with E-state index in [0.29, 0.717) is 6.61 Å². The summed E-state index contributed by atoms with van der Waals surface area (Å²) in [5.41, 5.74) is 2.03. The van der Waals surface area contributed by atoms with Gasteiger partial charge < -0.3 is 4.74 Å². The molecule has 0 N–H and O–H groups in total. The second-order valence-corrected chi connectivity index (χ2v) is 5.23. The number of aromatic nitrogens is 1. The molecule has 0 saturated heterocycles. The van der Waals surface area contributed by atoms with Crippen molar-refractivity contribution in [3.63, 3.8) is 0 Å². The van der Waals surface area contributed by atoms with Gasteiger partial charge >= 0.3 is 0 Å². The van der Waals surface area contributed by atoms with E-state index in [-0.39, 0.29) is 0 Å². The topological polar surface area (TPSA) is 34.5 Å². The van der Waals surface area contributed by atoms with Crippen molar-refractivity contribution in [1.82, 2.24) is 4.98 Å². The molecular formula is C16H14N2OS. The lowest BCUT2D eigenvalue weighted by Gasteiger charge is -2.01. The number of thiazole rings is 1. The third kappa shape index (κ3) is 2.86. The van der Waals surface area contributed by atoms with E-state index in [1.165, 1.54) is 0 Å². The Morgan fingerprint density at radius 3 is 2.70 bits per heavy atom. The SMILES string of the molecule is CCOc1ccc(/C=N/c2nc3ccccc3s2)cc1. The predicted octanol–water partition coefficient (Wildman–Crippen LogP) is 4.45. The van der Waals surface area contributed by atoms with Gasteiger partial charge in [0.15, 0.2) is 0 Å². The van der Waals surface area contributed by atoms with Gasteiger partial charge in [-0.25, -0.2) is 9.98 Å². The van der Waals surface area contributed by atoms with Crippen molar-refractivity contribution in [3.05, 3.63) is 54.1 Å². The fourth-order valence-corrected chi connectivity index (χ4v) is 2.67. The van der Waals surface area contributed by atoms with Crippen molar-refractivity contribution in [1.29, 1.82) is 0 Å². The third-order valence-electron chi connectivity index (χ3n) is 2.80. The Morgan fingerprint density at radius 1 is 1.15 bits per heavy atom. The normalized spacial score (nSPS) is 11.2. The van der Waals surface area contributed by atoms with E-state index in [1.807, 2.05) is 55.6 Å². The first kappa shape index (κ1) is 12.8. The zero-order chi connectivity index (χ0) is 13.8. The maximum atomic E-state index is 5.41. The highest BCUT2D eigenvalue weighted by Gasteiger charge is 2.00. The van der Waals surface area contributed by atoms with Gasteiger partial charge in [0.2, 0.25) is 5.13 Å². The van der Waals surface area contributed by atoms with Gasteiger partial charge in [0.05, 0.1) is 16.8 Å². The molecule has 0 bridgehead atoms. The highest BCUT2D eigenvalue weighted by Crippen LogP contribution is 2.27. The van der Waals surface area contributed by atoms with Crippen LogP contribution in [-0.2, 0) is 0 Å². The van der Waals surface area contributed by atoms with E-state index in [9.17, 15) is 0 Å². The molecule has 0 aliphatic carbocycles. The first-order chi connectivity index (χ1) is 9.85. The molecule has 0 unspecified atom stereocenters. The molecule has 1 heterocycles. The molecule has 0 fully saturated rings. The Hall–Kier alpha value is -2.20. The molecular weight excluding hydrogens is 268 g/mol. The van der Waals surface area contributed by atoms with Gasteiger partial charge in [-0.05, 0) is 48.9 Å². The number of benzene rings is 2. The molecule has 3 rings (SSSR count). The zero-order valence-electron chi connectivity index (χ0n) is 11.1. The second kappa shape index (κ2) is 5.84. The number of nitrogens with zero attached hydrogens (tertiary/aromatic N) is 2. The monoisotopic (exact) mass is 282 g/mol. The summed E-state index contributed by atoms with van der Waals surface area (Å²) >= 11 is 1.59. The Bertz CT molecular complexity index is 699. The Labute approximate surface area is 121 Å². The number of para-hydroxylation sites is 1. The Kier molecular flexibility index (Phi) is 3.74. The standard InChI is InChI=1S/C16H14N2OS/c1-2-19-13-9-7-12(8-10-13)11-17-16-18-14-5-3-4-6-15(14)20-16/h3-11H,2H2,1H3/b17-11+. The summed E-state index contributed by atoms with van der Waals surface area (Å²) in [5, 5.41) is 0.778. The van der Waals surface area contributed by atoms with Crippen LogP contribution in [0.5, 0.6) is 5.75 Å². The summed E-state index contributed by atoms with van der Waals surface area (Å²) in [5.74, 6) is 0.879. The minimum Gasteiger partial charge on any atom is -0.494 e. The summed E-state index contributed by atoms with van der Waals surface area (Å²) in [4.78, 5) is 8.90. The van der Waals surface area contributed by atoms with Crippen LogP contribution in [0.4, 0.5) is 5.13 Å². The molecule has 0 amide bonds. The highest BCUT2D eigenvalue weighted by atomic mass is 32.1. The van der Waals surface area contributed by atoms with E-state index < -0.39 is 0 Å². The fourth-order valence-electron chi connectivity index (χ4n) is 1.86. The number of rotatable bonds is 4. The van der Waals surface area contributed by atoms with Gasteiger partial charge in [-0.1, -0.05) is 23.5 Å². The van der Waals surface area contributed by atoms with Crippen LogP contribution in [0.25, 0.3) is 10.2 Å². The van der Waals surface area contributed by atoms with Crippen molar-refractivity contribution >= 4 is 32.9 Å². The van der Waals surface area contributed by atoms with Crippen LogP contribution >= 0.6 is 11.3 Å². The molecule has 1 aromatic heterocycles. The van der Waals surface area contributed by atoms with Crippen LogP contribution in [-0.4, -0.2) is 17.8 Å². The molecule has 3 aromatic rings. The van der Waals surface area contributed by atoms with Crippen LogP contribution in [0.1, 0.15) is 12.5 Å². The molecule has 20 heavy (non-hydrogen) atoms. The van der Waals surface area contributed by atoms with E-state index in [1.54, 1.807) is 11.3 Å². The fraction of sp³-hybridized carbons (Fsp3) is 0.125. The minimum absolute atomic E-state index is 0.680. The van der Waals surface area contributed by atoms with Gasteiger partial charge in [0.25, 0.3) is 0 Å². The number of aliphatic imine (C=N–C) groups is 1. The molecule has 100 valence electrons. The number of hydrogen-bond donors (Lipinski definition) is 0. The maximum Gasteiger partial charge on any atom is 0.210 e. The summed E-state index contributed by atoms with van der Waals surface area (Å²) in [6.45, 7) is 2.65. The minimum atomic E-state index is 0.680. The largest absolute Gasteiger partial charge is 0.494 e.